The monoisotopic (exact) mass is 276 g/mol. The zero-order valence-electron chi connectivity index (χ0n) is 12.2. The van der Waals surface area contributed by atoms with Crippen LogP contribution in [0.2, 0.25) is 0 Å². The molecule has 108 valence electrons. The fourth-order valence-electron chi connectivity index (χ4n) is 3.25. The number of ether oxygens (including phenoxy) is 1. The van der Waals surface area contributed by atoms with Gasteiger partial charge < -0.3 is 14.5 Å². The van der Waals surface area contributed by atoms with Gasteiger partial charge in [-0.2, -0.15) is 0 Å². The highest BCUT2D eigenvalue weighted by Gasteiger charge is 2.55. The number of likely N-dealkylation sites (tertiary alicyclic amines) is 1. The molecule has 3 heterocycles. The summed E-state index contributed by atoms with van der Waals surface area (Å²) in [5.74, 6) is 0.911. The molecule has 1 amide bonds. The van der Waals surface area contributed by atoms with E-state index in [2.05, 4.69) is 14.9 Å². The van der Waals surface area contributed by atoms with Crippen molar-refractivity contribution in [3.05, 3.63) is 23.3 Å². The molecule has 3 rings (SSSR count). The SMILES string of the molecule is COCCN1Cc2cnc(C)nc2C2(CN(C)C2)C1=O. The maximum Gasteiger partial charge on any atom is 0.237 e. The summed E-state index contributed by atoms with van der Waals surface area (Å²) in [4.78, 5) is 25.7. The highest BCUT2D eigenvalue weighted by Crippen LogP contribution is 2.40. The van der Waals surface area contributed by atoms with E-state index >= 15 is 0 Å². The Bertz CT molecular complexity index is 540. The number of hydrogen-bond acceptors (Lipinski definition) is 5. The third-order valence-corrected chi connectivity index (χ3v) is 4.14. The molecule has 0 radical (unpaired) electrons. The Hall–Kier alpha value is -1.53. The van der Waals surface area contributed by atoms with E-state index in [1.54, 1.807) is 7.11 Å². The Morgan fingerprint density at radius 3 is 2.85 bits per heavy atom. The second-order valence-electron chi connectivity index (χ2n) is 5.76. The van der Waals surface area contributed by atoms with Crippen LogP contribution in [0.25, 0.3) is 0 Å². The van der Waals surface area contributed by atoms with E-state index in [4.69, 9.17) is 4.74 Å². The molecule has 6 heteroatoms. The quantitative estimate of drug-likeness (QED) is 0.775. The number of carbonyl (C=O) groups is 1. The molecule has 0 aromatic carbocycles. The fourth-order valence-corrected chi connectivity index (χ4v) is 3.25. The van der Waals surface area contributed by atoms with E-state index in [-0.39, 0.29) is 5.91 Å². The van der Waals surface area contributed by atoms with Gasteiger partial charge >= 0.3 is 0 Å². The summed E-state index contributed by atoms with van der Waals surface area (Å²) in [6.07, 6.45) is 1.87. The molecular formula is C14H20N4O2. The van der Waals surface area contributed by atoms with Crippen molar-refractivity contribution in [1.82, 2.24) is 19.8 Å². The predicted octanol–water partition coefficient (Wildman–Crippen LogP) is -0.0432. The van der Waals surface area contributed by atoms with Crippen molar-refractivity contribution >= 4 is 5.91 Å². The van der Waals surface area contributed by atoms with Gasteiger partial charge in [-0.05, 0) is 14.0 Å². The number of fused-ring (bicyclic) bond motifs is 2. The molecule has 1 spiro atoms. The summed E-state index contributed by atoms with van der Waals surface area (Å²) < 4.78 is 5.11. The van der Waals surface area contributed by atoms with E-state index in [1.807, 2.05) is 25.1 Å². The molecule has 0 bridgehead atoms. The van der Waals surface area contributed by atoms with Crippen molar-refractivity contribution < 1.29 is 9.53 Å². The third-order valence-electron chi connectivity index (χ3n) is 4.14. The van der Waals surface area contributed by atoms with Crippen molar-refractivity contribution in [2.24, 2.45) is 0 Å². The van der Waals surface area contributed by atoms with Crippen molar-refractivity contribution in [1.29, 1.82) is 0 Å². The maximum absolute atomic E-state index is 12.8. The summed E-state index contributed by atoms with van der Waals surface area (Å²) in [6, 6.07) is 0. The van der Waals surface area contributed by atoms with Crippen LogP contribution in [0.1, 0.15) is 17.1 Å². The van der Waals surface area contributed by atoms with E-state index in [9.17, 15) is 4.79 Å². The van der Waals surface area contributed by atoms with Gasteiger partial charge in [-0.1, -0.05) is 0 Å². The standard InChI is InChI=1S/C14H20N4O2/c1-10-15-6-11-7-18(4-5-20-3)13(19)14(12(11)16-10)8-17(2)9-14/h6H,4-5,7-9H2,1-3H3. The number of rotatable bonds is 3. The summed E-state index contributed by atoms with van der Waals surface area (Å²) in [6.45, 7) is 5.10. The minimum absolute atomic E-state index is 0.179. The number of aromatic nitrogens is 2. The van der Waals surface area contributed by atoms with Crippen LogP contribution in [-0.2, 0) is 21.5 Å². The van der Waals surface area contributed by atoms with Gasteiger partial charge in [-0.15, -0.1) is 0 Å². The number of methoxy groups -OCH3 is 1. The average molecular weight is 276 g/mol. The van der Waals surface area contributed by atoms with Crippen LogP contribution >= 0.6 is 0 Å². The molecule has 1 saturated heterocycles. The summed E-state index contributed by atoms with van der Waals surface area (Å²) in [5.41, 5.74) is 1.53. The minimum Gasteiger partial charge on any atom is -0.383 e. The summed E-state index contributed by atoms with van der Waals surface area (Å²) in [7, 11) is 3.68. The van der Waals surface area contributed by atoms with Crippen LogP contribution in [-0.4, -0.2) is 66.1 Å². The van der Waals surface area contributed by atoms with Crippen LogP contribution in [0.3, 0.4) is 0 Å². The zero-order chi connectivity index (χ0) is 14.3. The van der Waals surface area contributed by atoms with Crippen molar-refractivity contribution in [3.8, 4) is 0 Å². The van der Waals surface area contributed by atoms with Gasteiger partial charge in [-0.3, -0.25) is 4.79 Å². The van der Waals surface area contributed by atoms with Gasteiger partial charge in [0.05, 0.1) is 12.3 Å². The minimum atomic E-state index is -0.468. The highest BCUT2D eigenvalue weighted by molar-refractivity contribution is 5.91. The molecule has 20 heavy (non-hydrogen) atoms. The highest BCUT2D eigenvalue weighted by atomic mass is 16.5. The molecule has 0 saturated carbocycles. The predicted molar refractivity (Wildman–Crippen MR) is 73.2 cm³/mol. The number of aryl methyl sites for hydroxylation is 1. The van der Waals surface area contributed by atoms with Crippen LogP contribution in [0.4, 0.5) is 0 Å². The molecular weight excluding hydrogens is 256 g/mol. The summed E-state index contributed by atoms with van der Waals surface area (Å²) in [5, 5.41) is 0. The molecule has 6 nitrogen and oxygen atoms in total. The molecule has 1 fully saturated rings. The van der Waals surface area contributed by atoms with Crippen LogP contribution in [0.15, 0.2) is 6.20 Å². The van der Waals surface area contributed by atoms with Gasteiger partial charge in [-0.25, -0.2) is 9.97 Å². The van der Waals surface area contributed by atoms with E-state index < -0.39 is 5.41 Å². The number of hydrogen-bond donors (Lipinski definition) is 0. The molecule has 2 aliphatic heterocycles. The van der Waals surface area contributed by atoms with Gasteiger partial charge in [0.1, 0.15) is 11.2 Å². The number of nitrogens with zero attached hydrogens (tertiary/aromatic N) is 4. The van der Waals surface area contributed by atoms with Gasteiger partial charge in [0, 0.05) is 45.0 Å². The van der Waals surface area contributed by atoms with Gasteiger partial charge in [0.15, 0.2) is 0 Å². The first-order valence-corrected chi connectivity index (χ1v) is 6.87. The Morgan fingerprint density at radius 2 is 2.20 bits per heavy atom. The van der Waals surface area contributed by atoms with Gasteiger partial charge in [0.25, 0.3) is 0 Å². The lowest BCUT2D eigenvalue weighted by Gasteiger charge is -2.51. The summed E-state index contributed by atoms with van der Waals surface area (Å²) >= 11 is 0. The lowest BCUT2D eigenvalue weighted by Crippen LogP contribution is -2.68. The van der Waals surface area contributed by atoms with Crippen molar-refractivity contribution in [3.63, 3.8) is 0 Å². The molecule has 0 aliphatic carbocycles. The Kier molecular flexibility index (Phi) is 3.22. The van der Waals surface area contributed by atoms with Crippen LogP contribution in [0.5, 0.6) is 0 Å². The second-order valence-corrected chi connectivity index (χ2v) is 5.76. The van der Waals surface area contributed by atoms with E-state index in [0.717, 1.165) is 30.2 Å². The Labute approximate surface area is 118 Å². The Balaban J connectivity index is 1.99. The first-order chi connectivity index (χ1) is 9.56. The first-order valence-electron chi connectivity index (χ1n) is 6.87. The first kappa shape index (κ1) is 13.5. The van der Waals surface area contributed by atoms with E-state index in [0.29, 0.717) is 19.7 Å². The number of amides is 1. The smallest absolute Gasteiger partial charge is 0.237 e. The average Bonchev–Trinajstić information content (AvgIpc) is 2.39. The number of likely N-dealkylation sites (N-methyl/N-ethyl adjacent to an activating group) is 1. The molecule has 0 atom stereocenters. The Morgan fingerprint density at radius 1 is 1.45 bits per heavy atom. The molecule has 0 N–H and O–H groups in total. The fraction of sp³-hybridized carbons (Fsp3) is 0.643. The van der Waals surface area contributed by atoms with Crippen LogP contribution < -0.4 is 0 Å². The largest absolute Gasteiger partial charge is 0.383 e. The molecule has 2 aliphatic rings. The topological polar surface area (TPSA) is 58.6 Å². The second kappa shape index (κ2) is 4.79. The number of carbonyl (C=O) groups excluding carboxylic acids is 1. The molecule has 1 aromatic heterocycles. The lowest BCUT2D eigenvalue weighted by atomic mass is 9.72. The van der Waals surface area contributed by atoms with E-state index in [1.165, 1.54) is 0 Å². The lowest BCUT2D eigenvalue weighted by molar-refractivity contribution is -0.147. The molecule has 1 aromatic rings. The van der Waals surface area contributed by atoms with Gasteiger partial charge in [0.2, 0.25) is 5.91 Å². The normalized spacial score (nSPS) is 20.9. The molecule has 0 unspecified atom stereocenters. The zero-order valence-corrected chi connectivity index (χ0v) is 12.2. The van der Waals surface area contributed by atoms with Crippen molar-refractivity contribution in [2.45, 2.75) is 18.9 Å². The third kappa shape index (κ3) is 1.91. The van der Waals surface area contributed by atoms with Crippen LogP contribution in [0, 0.1) is 6.92 Å². The van der Waals surface area contributed by atoms with Crippen molar-refractivity contribution in [2.75, 3.05) is 40.4 Å². The maximum atomic E-state index is 12.8.